The molecule has 0 radical (unpaired) electrons. The number of anilines is 1. The molecule has 21 heavy (non-hydrogen) atoms. The Labute approximate surface area is 137 Å². The van der Waals surface area contributed by atoms with Gasteiger partial charge in [0.1, 0.15) is 10.0 Å². The smallest absolute Gasteiger partial charge is 0.272 e. The topological polar surface area (TPSA) is 71.1 Å². The highest BCUT2D eigenvalue weighted by Gasteiger charge is 2.19. The predicted octanol–water partition coefficient (Wildman–Crippen LogP) is 3.04. The summed E-state index contributed by atoms with van der Waals surface area (Å²) < 4.78 is 28.4. The summed E-state index contributed by atoms with van der Waals surface area (Å²) >= 11 is 4.61. The summed E-state index contributed by atoms with van der Waals surface area (Å²) in [5.74, 6) is 0.317. The van der Waals surface area contributed by atoms with E-state index in [1.807, 2.05) is 20.9 Å². The lowest BCUT2D eigenvalue weighted by Gasteiger charge is -2.06. The second-order valence-corrected chi connectivity index (χ2v) is 8.47. The lowest BCUT2D eigenvalue weighted by Crippen LogP contribution is -2.12. The first-order valence-corrected chi connectivity index (χ1v) is 9.32. The van der Waals surface area contributed by atoms with Crippen LogP contribution in [-0.4, -0.2) is 20.4 Å². The molecule has 0 aliphatic rings. The molecular formula is C13H16BrN3O2S2. The zero-order valence-electron chi connectivity index (χ0n) is 11.9. The van der Waals surface area contributed by atoms with Crippen molar-refractivity contribution in [2.24, 2.45) is 0 Å². The second-order valence-electron chi connectivity index (χ2n) is 4.57. The number of hydrogen-bond acceptors (Lipinski definition) is 5. The van der Waals surface area contributed by atoms with Gasteiger partial charge in [0.25, 0.3) is 10.0 Å². The van der Waals surface area contributed by atoms with Gasteiger partial charge < -0.3 is 5.32 Å². The maximum absolute atomic E-state index is 12.4. The molecule has 0 spiro atoms. The Morgan fingerprint density at radius 1 is 1.33 bits per heavy atom. The Hall–Kier alpha value is -0.960. The van der Waals surface area contributed by atoms with Crippen molar-refractivity contribution >= 4 is 43.1 Å². The van der Waals surface area contributed by atoms with Crippen molar-refractivity contribution in [2.75, 3.05) is 11.8 Å². The normalized spacial score (nSPS) is 11.6. The van der Waals surface area contributed by atoms with E-state index < -0.39 is 10.0 Å². The number of aryl methyl sites for hydroxylation is 2. The highest BCUT2D eigenvalue weighted by molar-refractivity contribution is 9.10. The van der Waals surface area contributed by atoms with E-state index in [9.17, 15) is 8.42 Å². The Morgan fingerprint density at radius 3 is 2.67 bits per heavy atom. The molecule has 0 unspecified atom stereocenters. The molecule has 0 aliphatic carbocycles. The van der Waals surface area contributed by atoms with E-state index in [-0.39, 0.29) is 0 Å². The van der Waals surface area contributed by atoms with Crippen molar-refractivity contribution in [1.82, 2.24) is 10.3 Å². The van der Waals surface area contributed by atoms with Crippen LogP contribution in [0.1, 0.15) is 16.1 Å². The molecule has 2 aromatic heterocycles. The molecule has 0 aromatic carbocycles. The van der Waals surface area contributed by atoms with Crippen molar-refractivity contribution in [2.45, 2.75) is 24.6 Å². The zero-order chi connectivity index (χ0) is 15.6. The number of thiophene rings is 1. The standard InChI is InChI=1S/C13H16BrN3O2S2/c1-8-6-13(20-11(8)7-15-3)21(18,19)17-12-5-4-10(14)9(2)16-12/h4-6,15H,7H2,1-3H3,(H,16,17). The van der Waals surface area contributed by atoms with Crippen LogP contribution in [0.15, 0.2) is 26.9 Å². The van der Waals surface area contributed by atoms with Crippen molar-refractivity contribution in [3.63, 3.8) is 0 Å². The summed E-state index contributed by atoms with van der Waals surface area (Å²) in [4.78, 5) is 5.22. The van der Waals surface area contributed by atoms with E-state index in [2.05, 4.69) is 31.0 Å². The third-order valence-corrected chi connectivity index (χ3v) is 6.76. The average Bonchev–Trinajstić information content (AvgIpc) is 2.77. The first-order chi connectivity index (χ1) is 9.83. The largest absolute Gasteiger partial charge is 0.315 e. The van der Waals surface area contributed by atoms with Crippen molar-refractivity contribution in [1.29, 1.82) is 0 Å². The lowest BCUT2D eigenvalue weighted by molar-refractivity contribution is 0.603. The van der Waals surface area contributed by atoms with Gasteiger partial charge in [-0.2, -0.15) is 0 Å². The molecule has 2 N–H and O–H groups in total. The minimum Gasteiger partial charge on any atom is -0.315 e. The average molecular weight is 390 g/mol. The van der Waals surface area contributed by atoms with E-state index in [0.717, 1.165) is 20.6 Å². The number of pyridine rings is 1. The Balaban J connectivity index is 2.29. The van der Waals surface area contributed by atoms with Gasteiger partial charge in [-0.1, -0.05) is 0 Å². The van der Waals surface area contributed by atoms with Crippen LogP contribution in [-0.2, 0) is 16.6 Å². The first kappa shape index (κ1) is 16.4. The third kappa shape index (κ3) is 3.82. The molecule has 0 amide bonds. The Kier molecular flexibility index (Phi) is 5.03. The number of aromatic nitrogens is 1. The third-order valence-electron chi connectivity index (χ3n) is 2.86. The molecule has 0 aliphatic heterocycles. The van der Waals surface area contributed by atoms with Gasteiger partial charge in [0.05, 0.1) is 5.69 Å². The van der Waals surface area contributed by atoms with Crippen LogP contribution < -0.4 is 10.0 Å². The van der Waals surface area contributed by atoms with Gasteiger partial charge in [-0.05, 0) is 60.6 Å². The van der Waals surface area contributed by atoms with Gasteiger partial charge >= 0.3 is 0 Å². The monoisotopic (exact) mass is 389 g/mol. The number of nitrogens with zero attached hydrogens (tertiary/aromatic N) is 1. The van der Waals surface area contributed by atoms with Gasteiger partial charge in [0, 0.05) is 15.9 Å². The van der Waals surface area contributed by atoms with Gasteiger partial charge in [0.15, 0.2) is 0 Å². The molecule has 2 aromatic rings. The molecule has 0 saturated heterocycles. The summed E-state index contributed by atoms with van der Waals surface area (Å²) in [5, 5.41) is 3.03. The minimum atomic E-state index is -3.60. The van der Waals surface area contributed by atoms with Gasteiger partial charge in [0.2, 0.25) is 0 Å². The highest BCUT2D eigenvalue weighted by atomic mass is 79.9. The number of nitrogens with one attached hydrogen (secondary N) is 2. The molecule has 0 bridgehead atoms. The molecular weight excluding hydrogens is 374 g/mol. The van der Waals surface area contributed by atoms with Crippen LogP contribution in [0.25, 0.3) is 0 Å². The fourth-order valence-corrected chi connectivity index (χ4v) is 4.57. The van der Waals surface area contributed by atoms with Crippen LogP contribution >= 0.6 is 27.3 Å². The second kappa shape index (κ2) is 6.43. The predicted molar refractivity (Wildman–Crippen MR) is 89.3 cm³/mol. The summed E-state index contributed by atoms with van der Waals surface area (Å²) in [7, 11) is -1.77. The van der Waals surface area contributed by atoms with Crippen molar-refractivity contribution in [3.8, 4) is 0 Å². The molecule has 2 rings (SSSR count). The quantitative estimate of drug-likeness (QED) is 0.823. The molecule has 114 valence electrons. The molecule has 2 heterocycles. The molecule has 5 nitrogen and oxygen atoms in total. The molecule has 0 atom stereocenters. The van der Waals surface area contributed by atoms with Gasteiger partial charge in [-0.25, -0.2) is 13.4 Å². The van der Waals surface area contributed by atoms with E-state index in [0.29, 0.717) is 16.6 Å². The summed E-state index contributed by atoms with van der Waals surface area (Å²) in [5.41, 5.74) is 1.70. The van der Waals surface area contributed by atoms with Gasteiger partial charge in [-0.3, -0.25) is 4.72 Å². The number of hydrogen-bond donors (Lipinski definition) is 2. The van der Waals surface area contributed by atoms with Crippen LogP contribution in [0, 0.1) is 13.8 Å². The SMILES string of the molecule is CNCc1sc(S(=O)(=O)Nc2ccc(Br)c(C)n2)cc1C. The minimum absolute atomic E-state index is 0.299. The summed E-state index contributed by atoms with van der Waals surface area (Å²) in [6.45, 7) is 4.37. The zero-order valence-corrected chi connectivity index (χ0v) is 15.1. The maximum atomic E-state index is 12.4. The molecule has 0 saturated carbocycles. The number of rotatable bonds is 5. The number of sulfonamides is 1. The van der Waals surface area contributed by atoms with E-state index in [1.54, 1.807) is 18.2 Å². The Bertz CT molecular complexity index is 757. The van der Waals surface area contributed by atoms with Crippen molar-refractivity contribution in [3.05, 3.63) is 38.8 Å². The lowest BCUT2D eigenvalue weighted by atomic mass is 10.3. The van der Waals surface area contributed by atoms with Crippen LogP contribution in [0.3, 0.4) is 0 Å². The van der Waals surface area contributed by atoms with Crippen LogP contribution in [0.5, 0.6) is 0 Å². The van der Waals surface area contributed by atoms with Crippen LogP contribution in [0.4, 0.5) is 5.82 Å². The Morgan fingerprint density at radius 2 is 2.05 bits per heavy atom. The highest BCUT2D eigenvalue weighted by Crippen LogP contribution is 2.27. The van der Waals surface area contributed by atoms with E-state index >= 15 is 0 Å². The van der Waals surface area contributed by atoms with E-state index in [4.69, 9.17) is 0 Å². The summed E-state index contributed by atoms with van der Waals surface area (Å²) in [6.07, 6.45) is 0. The molecule has 0 fully saturated rings. The van der Waals surface area contributed by atoms with E-state index in [1.165, 1.54) is 11.3 Å². The molecule has 8 heteroatoms. The summed E-state index contributed by atoms with van der Waals surface area (Å²) in [6, 6.07) is 5.08. The van der Waals surface area contributed by atoms with Gasteiger partial charge in [-0.15, -0.1) is 11.3 Å². The first-order valence-electron chi connectivity index (χ1n) is 6.23. The van der Waals surface area contributed by atoms with Crippen molar-refractivity contribution < 1.29 is 8.42 Å². The maximum Gasteiger partial charge on any atom is 0.272 e. The fourth-order valence-electron chi connectivity index (χ4n) is 1.75. The number of halogens is 1. The van der Waals surface area contributed by atoms with Crippen LogP contribution in [0.2, 0.25) is 0 Å². The fraction of sp³-hybridized carbons (Fsp3) is 0.308.